The normalized spacial score (nSPS) is 14.7. The van der Waals surface area contributed by atoms with Crippen LogP contribution in [0.5, 0.6) is 0 Å². The molecule has 26 heavy (non-hydrogen) atoms. The molecule has 0 unspecified atom stereocenters. The van der Waals surface area contributed by atoms with Crippen molar-refractivity contribution in [1.82, 2.24) is 0 Å². The Bertz CT molecular complexity index is 827. The summed E-state index contributed by atoms with van der Waals surface area (Å²) in [6, 6.07) is 11.8. The summed E-state index contributed by atoms with van der Waals surface area (Å²) in [6.45, 7) is 7.26. The van der Waals surface area contributed by atoms with Gasteiger partial charge in [-0.15, -0.1) is 0 Å². The van der Waals surface area contributed by atoms with E-state index in [-0.39, 0.29) is 5.91 Å². The van der Waals surface area contributed by atoms with Crippen LogP contribution in [-0.2, 0) is 9.53 Å². The Kier molecular flexibility index (Phi) is 5.96. The second kappa shape index (κ2) is 8.39. The fourth-order valence-electron chi connectivity index (χ4n) is 2.87. The van der Waals surface area contributed by atoms with Gasteiger partial charge in [-0.1, -0.05) is 23.7 Å². The molecule has 1 fully saturated rings. The summed E-state index contributed by atoms with van der Waals surface area (Å²) in [7, 11) is 0. The van der Waals surface area contributed by atoms with Crippen molar-refractivity contribution in [1.29, 1.82) is 0 Å². The topological polar surface area (TPSA) is 41.6 Å². The van der Waals surface area contributed by atoms with Crippen molar-refractivity contribution >= 4 is 35.0 Å². The summed E-state index contributed by atoms with van der Waals surface area (Å²) < 4.78 is 5.39. The molecule has 2 aromatic rings. The predicted molar refractivity (Wildman–Crippen MR) is 108 cm³/mol. The number of rotatable bonds is 4. The van der Waals surface area contributed by atoms with Gasteiger partial charge in [0.2, 0.25) is 5.91 Å². The first-order valence-corrected chi connectivity index (χ1v) is 9.09. The van der Waals surface area contributed by atoms with Crippen LogP contribution < -0.4 is 10.2 Å². The Hall–Kier alpha value is -2.30. The molecule has 1 heterocycles. The van der Waals surface area contributed by atoms with Gasteiger partial charge in [-0.2, -0.15) is 0 Å². The molecule has 4 nitrogen and oxygen atoms in total. The Morgan fingerprint density at radius 2 is 1.88 bits per heavy atom. The molecule has 0 aromatic heterocycles. The minimum atomic E-state index is -0.163. The number of benzene rings is 2. The zero-order valence-electron chi connectivity index (χ0n) is 15.1. The van der Waals surface area contributed by atoms with Gasteiger partial charge in [0.15, 0.2) is 0 Å². The van der Waals surface area contributed by atoms with Crippen LogP contribution in [0.15, 0.2) is 42.5 Å². The lowest BCUT2D eigenvalue weighted by molar-refractivity contribution is -0.111. The number of carbonyl (C=O) groups is 1. The third-order valence-corrected chi connectivity index (χ3v) is 4.87. The minimum absolute atomic E-state index is 0.163. The SMILES string of the molecule is Cc1ccc(/C=C/C(=O)Nc2ccc(N3CCOCC3)cc2C)cc1Cl. The maximum Gasteiger partial charge on any atom is 0.248 e. The van der Waals surface area contributed by atoms with Crippen molar-refractivity contribution < 1.29 is 9.53 Å². The maximum atomic E-state index is 12.2. The third kappa shape index (κ3) is 4.65. The second-order valence-electron chi connectivity index (χ2n) is 6.43. The van der Waals surface area contributed by atoms with Gasteiger partial charge in [-0.05, 0) is 60.9 Å². The first-order chi connectivity index (χ1) is 12.5. The van der Waals surface area contributed by atoms with Crippen LogP contribution >= 0.6 is 11.6 Å². The smallest absolute Gasteiger partial charge is 0.248 e. The van der Waals surface area contributed by atoms with Gasteiger partial charge in [0.1, 0.15) is 0 Å². The Balaban J connectivity index is 1.65. The third-order valence-electron chi connectivity index (χ3n) is 4.47. The van der Waals surface area contributed by atoms with E-state index in [9.17, 15) is 4.79 Å². The van der Waals surface area contributed by atoms with Gasteiger partial charge >= 0.3 is 0 Å². The number of aryl methyl sites for hydroxylation is 2. The molecule has 1 N–H and O–H groups in total. The van der Waals surface area contributed by atoms with Crippen LogP contribution in [0.2, 0.25) is 5.02 Å². The summed E-state index contributed by atoms with van der Waals surface area (Å²) in [6.07, 6.45) is 3.29. The molecule has 1 amide bonds. The van der Waals surface area contributed by atoms with Gasteiger partial charge in [0, 0.05) is 35.6 Å². The van der Waals surface area contributed by atoms with Crippen LogP contribution in [0.3, 0.4) is 0 Å². The van der Waals surface area contributed by atoms with E-state index in [0.29, 0.717) is 5.02 Å². The molecule has 2 aromatic carbocycles. The molecular formula is C21H23ClN2O2. The average Bonchev–Trinajstić information content (AvgIpc) is 2.65. The number of amides is 1. The van der Waals surface area contributed by atoms with E-state index in [2.05, 4.69) is 16.3 Å². The summed E-state index contributed by atoms with van der Waals surface area (Å²) in [4.78, 5) is 14.5. The number of ether oxygens (including phenoxy) is 1. The van der Waals surface area contributed by atoms with E-state index >= 15 is 0 Å². The van der Waals surface area contributed by atoms with E-state index in [1.54, 1.807) is 6.08 Å². The van der Waals surface area contributed by atoms with Crippen molar-refractivity contribution in [3.63, 3.8) is 0 Å². The van der Waals surface area contributed by atoms with E-state index in [1.165, 1.54) is 6.08 Å². The molecule has 0 spiro atoms. The number of nitrogens with zero attached hydrogens (tertiary/aromatic N) is 1. The van der Waals surface area contributed by atoms with Crippen molar-refractivity contribution in [2.75, 3.05) is 36.5 Å². The highest BCUT2D eigenvalue weighted by atomic mass is 35.5. The van der Waals surface area contributed by atoms with Crippen LogP contribution in [0, 0.1) is 13.8 Å². The van der Waals surface area contributed by atoms with Crippen LogP contribution in [0.25, 0.3) is 6.08 Å². The zero-order chi connectivity index (χ0) is 18.5. The number of halogens is 1. The lowest BCUT2D eigenvalue weighted by atomic mass is 10.1. The number of anilines is 2. The van der Waals surface area contributed by atoms with Gasteiger partial charge < -0.3 is 15.0 Å². The summed E-state index contributed by atoms with van der Waals surface area (Å²) in [5.74, 6) is -0.163. The summed E-state index contributed by atoms with van der Waals surface area (Å²) in [5.41, 5.74) is 4.93. The van der Waals surface area contributed by atoms with E-state index in [1.807, 2.05) is 44.2 Å². The summed E-state index contributed by atoms with van der Waals surface area (Å²) >= 11 is 6.11. The molecule has 3 rings (SSSR count). The molecule has 1 aliphatic heterocycles. The van der Waals surface area contributed by atoms with E-state index in [0.717, 1.165) is 54.4 Å². The fourth-order valence-corrected chi connectivity index (χ4v) is 3.05. The average molecular weight is 371 g/mol. The lowest BCUT2D eigenvalue weighted by Crippen LogP contribution is -2.36. The number of morpholine rings is 1. The van der Waals surface area contributed by atoms with Crippen molar-refractivity contribution in [2.45, 2.75) is 13.8 Å². The molecule has 0 aliphatic carbocycles. The monoisotopic (exact) mass is 370 g/mol. The molecule has 1 aliphatic rings. The first kappa shape index (κ1) is 18.5. The Morgan fingerprint density at radius 1 is 1.12 bits per heavy atom. The van der Waals surface area contributed by atoms with Crippen LogP contribution in [0.1, 0.15) is 16.7 Å². The highest BCUT2D eigenvalue weighted by molar-refractivity contribution is 6.31. The quantitative estimate of drug-likeness (QED) is 0.808. The largest absolute Gasteiger partial charge is 0.378 e. The Labute approximate surface area is 159 Å². The predicted octanol–water partition coefficient (Wildman–Crippen LogP) is 4.45. The van der Waals surface area contributed by atoms with Gasteiger partial charge in [-0.25, -0.2) is 0 Å². The maximum absolute atomic E-state index is 12.2. The molecule has 5 heteroatoms. The number of carbonyl (C=O) groups excluding carboxylic acids is 1. The highest BCUT2D eigenvalue weighted by Crippen LogP contribution is 2.23. The van der Waals surface area contributed by atoms with Crippen LogP contribution in [0.4, 0.5) is 11.4 Å². The number of hydrogen-bond donors (Lipinski definition) is 1. The van der Waals surface area contributed by atoms with Gasteiger partial charge in [-0.3, -0.25) is 4.79 Å². The van der Waals surface area contributed by atoms with Crippen molar-refractivity contribution in [3.05, 3.63) is 64.2 Å². The molecule has 0 atom stereocenters. The Morgan fingerprint density at radius 3 is 2.58 bits per heavy atom. The number of nitrogens with one attached hydrogen (secondary N) is 1. The van der Waals surface area contributed by atoms with Crippen LogP contribution in [-0.4, -0.2) is 32.2 Å². The van der Waals surface area contributed by atoms with Gasteiger partial charge in [0.25, 0.3) is 0 Å². The van der Waals surface area contributed by atoms with E-state index in [4.69, 9.17) is 16.3 Å². The first-order valence-electron chi connectivity index (χ1n) is 8.71. The van der Waals surface area contributed by atoms with E-state index < -0.39 is 0 Å². The van der Waals surface area contributed by atoms with Gasteiger partial charge in [0.05, 0.1) is 13.2 Å². The van der Waals surface area contributed by atoms with Crippen molar-refractivity contribution in [2.24, 2.45) is 0 Å². The summed E-state index contributed by atoms with van der Waals surface area (Å²) in [5, 5.41) is 3.63. The molecule has 0 saturated carbocycles. The minimum Gasteiger partial charge on any atom is -0.378 e. The lowest BCUT2D eigenvalue weighted by Gasteiger charge is -2.29. The highest BCUT2D eigenvalue weighted by Gasteiger charge is 2.12. The standard InChI is InChI=1S/C21H23ClN2O2/c1-15-3-4-17(14-19(15)22)5-8-21(25)23-20-7-6-18(13-16(20)2)24-9-11-26-12-10-24/h3-8,13-14H,9-12H2,1-2H3,(H,23,25)/b8-5+. The molecule has 0 radical (unpaired) electrons. The molecular weight excluding hydrogens is 348 g/mol. The number of hydrogen-bond acceptors (Lipinski definition) is 3. The zero-order valence-corrected chi connectivity index (χ0v) is 15.8. The fraction of sp³-hybridized carbons (Fsp3) is 0.286. The molecule has 136 valence electrons. The second-order valence-corrected chi connectivity index (χ2v) is 6.84. The molecule has 1 saturated heterocycles. The molecule has 0 bridgehead atoms. The van der Waals surface area contributed by atoms with Crippen molar-refractivity contribution in [3.8, 4) is 0 Å².